The molecule has 0 amide bonds. The lowest BCUT2D eigenvalue weighted by Crippen LogP contribution is -2.49. The van der Waals surface area contributed by atoms with E-state index in [9.17, 15) is 0 Å². The minimum absolute atomic E-state index is 0.138. The zero-order chi connectivity index (χ0) is 14.0. The third-order valence-corrected chi connectivity index (χ3v) is 4.19. The Bertz CT molecular complexity index is 469. The highest BCUT2D eigenvalue weighted by molar-refractivity contribution is 9.10. The highest BCUT2D eigenvalue weighted by atomic mass is 79.9. The zero-order valence-electron chi connectivity index (χ0n) is 11.7. The lowest BCUT2D eigenvalue weighted by atomic mass is 9.91. The summed E-state index contributed by atoms with van der Waals surface area (Å²) in [6, 6.07) is 8.42. The van der Waals surface area contributed by atoms with Crippen LogP contribution in [0.25, 0.3) is 0 Å². The Hall–Kier alpha value is -1.07. The molecule has 2 rings (SSSR count). The minimum atomic E-state index is -0.138. The van der Waals surface area contributed by atoms with Crippen molar-refractivity contribution >= 4 is 21.9 Å². The van der Waals surface area contributed by atoms with E-state index in [1.807, 2.05) is 0 Å². The first-order valence-corrected chi connectivity index (χ1v) is 7.21. The number of guanidine groups is 1. The van der Waals surface area contributed by atoms with Crippen LogP contribution in [0, 0.1) is 0 Å². The van der Waals surface area contributed by atoms with Gasteiger partial charge in [0.15, 0.2) is 5.96 Å². The van der Waals surface area contributed by atoms with Crippen LogP contribution < -0.4 is 5.73 Å². The second-order valence-corrected chi connectivity index (χ2v) is 6.33. The summed E-state index contributed by atoms with van der Waals surface area (Å²) in [5.41, 5.74) is 7.17. The maximum absolute atomic E-state index is 6.06. The van der Waals surface area contributed by atoms with Crippen LogP contribution in [-0.4, -0.2) is 49.5 Å². The molecule has 0 spiro atoms. The van der Waals surface area contributed by atoms with Crippen LogP contribution in [-0.2, 0) is 5.54 Å². The third-order valence-electron chi connectivity index (χ3n) is 3.66. The summed E-state index contributed by atoms with van der Waals surface area (Å²) in [5, 5.41) is 0. The fourth-order valence-electron chi connectivity index (χ4n) is 2.38. The molecule has 0 aliphatic carbocycles. The van der Waals surface area contributed by atoms with Crippen LogP contribution in [0.4, 0.5) is 0 Å². The number of benzene rings is 1. The van der Waals surface area contributed by atoms with E-state index in [2.05, 4.69) is 76.0 Å². The van der Waals surface area contributed by atoms with Gasteiger partial charge in [0.2, 0.25) is 0 Å². The van der Waals surface area contributed by atoms with Crippen molar-refractivity contribution in [2.75, 3.05) is 33.7 Å². The van der Waals surface area contributed by atoms with Crippen LogP contribution >= 0.6 is 15.9 Å². The maximum Gasteiger partial charge on any atom is 0.192 e. The van der Waals surface area contributed by atoms with Gasteiger partial charge in [0.25, 0.3) is 0 Å². The Morgan fingerprint density at radius 2 is 2.00 bits per heavy atom. The molecule has 19 heavy (non-hydrogen) atoms. The van der Waals surface area contributed by atoms with E-state index in [0.717, 1.165) is 17.6 Å². The highest BCUT2D eigenvalue weighted by Gasteiger charge is 2.39. The molecule has 0 aromatic heterocycles. The summed E-state index contributed by atoms with van der Waals surface area (Å²) < 4.78 is 1.09. The van der Waals surface area contributed by atoms with Gasteiger partial charge in [-0.1, -0.05) is 28.1 Å². The highest BCUT2D eigenvalue weighted by Crippen LogP contribution is 2.33. The monoisotopic (exact) mass is 324 g/mol. The number of nitrogens with two attached hydrogens (primary N) is 1. The molecule has 0 bridgehead atoms. The first kappa shape index (κ1) is 14.3. The maximum atomic E-state index is 6.06. The minimum Gasteiger partial charge on any atom is -0.370 e. The predicted molar refractivity (Wildman–Crippen MR) is 83.2 cm³/mol. The standard InChI is InChI=1S/C14H21BrN4/c1-14(11-4-6-12(15)7-5-11)10-17-13(16)19(14)9-8-18(2)3/h4-7H,8-10H2,1-3H3,(H2,16,17). The van der Waals surface area contributed by atoms with Gasteiger partial charge in [-0.15, -0.1) is 0 Å². The van der Waals surface area contributed by atoms with E-state index < -0.39 is 0 Å². The Balaban J connectivity index is 2.23. The Morgan fingerprint density at radius 1 is 1.37 bits per heavy atom. The summed E-state index contributed by atoms with van der Waals surface area (Å²) >= 11 is 3.47. The van der Waals surface area contributed by atoms with Gasteiger partial charge in [0.05, 0.1) is 12.1 Å². The van der Waals surface area contributed by atoms with Gasteiger partial charge in [0, 0.05) is 17.6 Å². The Kier molecular flexibility index (Phi) is 4.16. The van der Waals surface area contributed by atoms with Crippen molar-refractivity contribution < 1.29 is 0 Å². The summed E-state index contributed by atoms with van der Waals surface area (Å²) in [6.45, 7) is 4.76. The normalized spacial score (nSPS) is 23.0. The third kappa shape index (κ3) is 2.92. The molecule has 1 heterocycles. The Morgan fingerprint density at radius 3 is 2.58 bits per heavy atom. The number of rotatable bonds is 4. The van der Waals surface area contributed by atoms with Gasteiger partial charge >= 0.3 is 0 Å². The fraction of sp³-hybridized carbons (Fsp3) is 0.500. The van der Waals surface area contributed by atoms with Crippen molar-refractivity contribution in [3.63, 3.8) is 0 Å². The second-order valence-electron chi connectivity index (χ2n) is 5.41. The molecular weight excluding hydrogens is 304 g/mol. The number of hydrogen-bond donors (Lipinski definition) is 1. The molecule has 1 aliphatic heterocycles. The lowest BCUT2D eigenvalue weighted by molar-refractivity contribution is 0.205. The van der Waals surface area contributed by atoms with Crippen LogP contribution in [0.5, 0.6) is 0 Å². The molecule has 1 unspecified atom stereocenters. The molecule has 0 saturated carbocycles. The number of nitrogens with zero attached hydrogens (tertiary/aromatic N) is 3. The predicted octanol–water partition coefficient (Wildman–Crippen LogP) is 1.86. The molecule has 5 heteroatoms. The van der Waals surface area contributed by atoms with Gasteiger partial charge < -0.3 is 15.5 Å². The smallest absolute Gasteiger partial charge is 0.192 e. The molecule has 104 valence electrons. The van der Waals surface area contributed by atoms with Gasteiger partial charge in [-0.2, -0.15) is 0 Å². The van der Waals surface area contributed by atoms with Crippen LogP contribution in [0.2, 0.25) is 0 Å². The van der Waals surface area contributed by atoms with E-state index >= 15 is 0 Å². The van der Waals surface area contributed by atoms with E-state index in [0.29, 0.717) is 12.5 Å². The van der Waals surface area contributed by atoms with Gasteiger partial charge in [-0.05, 0) is 38.7 Å². The zero-order valence-corrected chi connectivity index (χ0v) is 13.3. The van der Waals surface area contributed by atoms with Gasteiger partial charge in [0.1, 0.15) is 0 Å². The average Bonchev–Trinajstić information content (AvgIpc) is 2.65. The van der Waals surface area contributed by atoms with Crippen molar-refractivity contribution in [3.8, 4) is 0 Å². The Labute approximate surface area is 123 Å². The van der Waals surface area contributed by atoms with Crippen LogP contribution in [0.15, 0.2) is 33.7 Å². The summed E-state index contributed by atoms with van der Waals surface area (Å²) in [5.74, 6) is 0.646. The molecular formula is C14H21BrN4. The number of likely N-dealkylation sites (N-methyl/N-ethyl adjacent to an activating group) is 1. The average molecular weight is 325 g/mol. The van der Waals surface area contributed by atoms with Crippen molar-refractivity contribution in [2.24, 2.45) is 10.7 Å². The topological polar surface area (TPSA) is 44.9 Å². The van der Waals surface area contributed by atoms with E-state index in [1.165, 1.54) is 5.56 Å². The van der Waals surface area contributed by atoms with Crippen molar-refractivity contribution in [1.82, 2.24) is 9.80 Å². The van der Waals surface area contributed by atoms with Crippen molar-refractivity contribution in [1.29, 1.82) is 0 Å². The lowest BCUT2D eigenvalue weighted by Gasteiger charge is -2.37. The van der Waals surface area contributed by atoms with Crippen LogP contribution in [0.1, 0.15) is 12.5 Å². The first-order chi connectivity index (χ1) is 8.93. The first-order valence-electron chi connectivity index (χ1n) is 6.42. The molecule has 2 N–H and O–H groups in total. The molecule has 1 aromatic rings. The SMILES string of the molecule is CN(C)CCN1C(N)=NCC1(C)c1ccc(Br)cc1. The number of aliphatic imine (C=N–C) groups is 1. The molecule has 1 aliphatic rings. The quantitative estimate of drug-likeness (QED) is 0.919. The summed E-state index contributed by atoms with van der Waals surface area (Å²) in [6.07, 6.45) is 0. The van der Waals surface area contributed by atoms with Crippen molar-refractivity contribution in [2.45, 2.75) is 12.5 Å². The summed E-state index contributed by atoms with van der Waals surface area (Å²) in [7, 11) is 4.14. The number of hydrogen-bond acceptors (Lipinski definition) is 4. The van der Waals surface area contributed by atoms with E-state index in [4.69, 9.17) is 5.73 Å². The fourth-order valence-corrected chi connectivity index (χ4v) is 2.64. The molecule has 0 saturated heterocycles. The molecule has 0 radical (unpaired) electrons. The van der Waals surface area contributed by atoms with E-state index in [-0.39, 0.29) is 5.54 Å². The van der Waals surface area contributed by atoms with E-state index in [1.54, 1.807) is 0 Å². The number of halogens is 1. The van der Waals surface area contributed by atoms with Gasteiger partial charge in [-0.25, -0.2) is 0 Å². The van der Waals surface area contributed by atoms with Gasteiger partial charge in [-0.3, -0.25) is 4.99 Å². The molecule has 0 fully saturated rings. The molecule has 1 aromatic carbocycles. The second kappa shape index (κ2) is 5.51. The molecule has 1 atom stereocenters. The molecule has 4 nitrogen and oxygen atoms in total. The van der Waals surface area contributed by atoms with Crippen molar-refractivity contribution in [3.05, 3.63) is 34.3 Å². The largest absolute Gasteiger partial charge is 0.370 e. The van der Waals surface area contributed by atoms with Crippen LogP contribution in [0.3, 0.4) is 0 Å². The summed E-state index contributed by atoms with van der Waals surface area (Å²) in [4.78, 5) is 8.80.